The van der Waals surface area contributed by atoms with Gasteiger partial charge in [0.25, 0.3) is 11.8 Å². The molecule has 1 aliphatic rings. The number of amides is 2. The minimum Gasteiger partial charge on any atom is -0.308 e. The van der Waals surface area contributed by atoms with E-state index >= 15 is 4.79 Å². The second-order valence-corrected chi connectivity index (χ2v) is 14.0. The molecular weight excluding hydrogens is 717 g/mol. The van der Waals surface area contributed by atoms with E-state index in [0.717, 1.165) is 55.2 Å². The number of aromatic nitrogens is 3. The van der Waals surface area contributed by atoms with E-state index in [4.69, 9.17) is 0 Å². The first kappa shape index (κ1) is 34.1. The molecule has 0 bridgehead atoms. The first-order chi connectivity index (χ1) is 28.5. The number of hydrogen-bond acceptors (Lipinski definition) is 6. The van der Waals surface area contributed by atoms with Crippen LogP contribution in [0.1, 0.15) is 31.8 Å². The molecule has 1 aliphatic heterocycles. The highest BCUT2D eigenvalue weighted by Crippen LogP contribution is 2.43. The molecule has 0 spiro atoms. The molecule has 8 heteroatoms. The molecule has 2 amide bonds. The van der Waals surface area contributed by atoms with Crippen LogP contribution in [0.5, 0.6) is 0 Å². The smallest absolute Gasteiger partial charge is 0.268 e. The third kappa shape index (κ3) is 5.36. The molecule has 9 aromatic rings. The summed E-state index contributed by atoms with van der Waals surface area (Å²) in [4.78, 5) is 39.6. The fourth-order valence-corrected chi connectivity index (χ4v) is 8.12. The van der Waals surface area contributed by atoms with Gasteiger partial charge in [-0.25, -0.2) is 4.90 Å². The van der Waals surface area contributed by atoms with Crippen LogP contribution in [0.2, 0.25) is 0 Å². The van der Waals surface area contributed by atoms with Crippen LogP contribution in [0, 0.1) is 22.7 Å². The summed E-state index contributed by atoms with van der Waals surface area (Å²) in [6.07, 6.45) is 6.52. The highest BCUT2D eigenvalue weighted by Gasteiger charge is 2.40. The first-order valence-electron chi connectivity index (χ1n) is 18.6. The Bertz CT molecular complexity index is 3130. The van der Waals surface area contributed by atoms with Crippen molar-refractivity contribution >= 4 is 39.3 Å². The molecule has 0 atom stereocenters. The van der Waals surface area contributed by atoms with Crippen LogP contribution >= 0.6 is 0 Å². The summed E-state index contributed by atoms with van der Waals surface area (Å²) in [7, 11) is 0. The van der Waals surface area contributed by atoms with Gasteiger partial charge in [-0.2, -0.15) is 10.5 Å². The lowest BCUT2D eigenvalue weighted by Crippen LogP contribution is -2.30. The Morgan fingerprint density at radius 1 is 0.448 bits per heavy atom. The molecule has 3 aromatic heterocycles. The zero-order chi connectivity index (χ0) is 39.3. The molecule has 0 unspecified atom stereocenters. The van der Waals surface area contributed by atoms with Gasteiger partial charge in [-0.05, 0) is 76.3 Å². The minimum absolute atomic E-state index is 0.270. The number of fused-ring (bicyclic) bond motifs is 4. The van der Waals surface area contributed by atoms with Gasteiger partial charge in [-0.3, -0.25) is 19.6 Å². The number of rotatable bonds is 6. The fourth-order valence-electron chi connectivity index (χ4n) is 8.12. The van der Waals surface area contributed by atoms with Crippen LogP contribution in [-0.4, -0.2) is 26.3 Å². The van der Waals surface area contributed by atoms with Crippen molar-refractivity contribution in [1.29, 1.82) is 10.5 Å². The molecular formula is C50H28N6O2. The molecule has 0 aliphatic carbocycles. The summed E-state index contributed by atoms with van der Waals surface area (Å²) < 4.78 is 2.01. The van der Waals surface area contributed by atoms with Crippen LogP contribution in [0.3, 0.4) is 0 Å². The van der Waals surface area contributed by atoms with Crippen molar-refractivity contribution in [1.82, 2.24) is 14.5 Å². The Balaban J connectivity index is 1.21. The zero-order valence-electron chi connectivity index (χ0n) is 30.7. The summed E-state index contributed by atoms with van der Waals surface area (Å²) in [6.45, 7) is 0. The molecule has 270 valence electrons. The Morgan fingerprint density at radius 3 is 1.60 bits per heavy atom. The average molecular weight is 745 g/mol. The summed E-state index contributed by atoms with van der Waals surface area (Å²) in [6, 6.07) is 50.8. The van der Waals surface area contributed by atoms with Crippen LogP contribution in [0.4, 0.5) is 5.69 Å². The standard InChI is InChI=1S/C50H28N6O2/c51-27-36-20-22-53-29-42(36)34-14-17-38-39-18-15-35(43-30-54-23-21-37(43)28-52)26-47(39)55(46(38)25-34)45-13-7-12-40-48(45)50(58)56(49(40)57)44-19-16-33(31-8-3-1-4-9-31)24-41(44)32-10-5-2-6-11-32/h1-26,29-30H. The van der Waals surface area contributed by atoms with Crippen molar-refractivity contribution in [3.05, 3.63) is 193 Å². The van der Waals surface area contributed by atoms with E-state index < -0.39 is 11.8 Å². The van der Waals surface area contributed by atoms with Crippen LogP contribution < -0.4 is 4.90 Å². The third-order valence-corrected chi connectivity index (χ3v) is 10.8. The Labute approximate surface area is 332 Å². The number of imide groups is 1. The highest BCUT2D eigenvalue weighted by atomic mass is 16.2. The second kappa shape index (κ2) is 13.7. The number of anilines is 1. The van der Waals surface area contributed by atoms with Crippen molar-refractivity contribution in [3.63, 3.8) is 0 Å². The molecule has 0 radical (unpaired) electrons. The number of carbonyl (C=O) groups is 2. The Kier molecular flexibility index (Phi) is 8.04. The van der Waals surface area contributed by atoms with E-state index in [2.05, 4.69) is 22.1 Å². The van der Waals surface area contributed by atoms with E-state index in [1.807, 2.05) is 126 Å². The predicted molar refractivity (Wildman–Crippen MR) is 225 cm³/mol. The van der Waals surface area contributed by atoms with Crippen molar-refractivity contribution in [2.45, 2.75) is 0 Å². The monoisotopic (exact) mass is 744 g/mol. The van der Waals surface area contributed by atoms with Gasteiger partial charge < -0.3 is 4.57 Å². The van der Waals surface area contributed by atoms with E-state index in [-0.39, 0.29) is 11.1 Å². The number of hydrogen-bond donors (Lipinski definition) is 0. The van der Waals surface area contributed by atoms with Crippen molar-refractivity contribution in [3.8, 4) is 62.3 Å². The lowest BCUT2D eigenvalue weighted by molar-refractivity contribution is 0.0926. The number of benzene rings is 6. The highest BCUT2D eigenvalue weighted by molar-refractivity contribution is 6.36. The predicted octanol–water partition coefficient (Wildman–Crippen LogP) is 10.8. The normalized spacial score (nSPS) is 12.1. The lowest BCUT2D eigenvalue weighted by Gasteiger charge is -2.20. The molecule has 8 nitrogen and oxygen atoms in total. The van der Waals surface area contributed by atoms with E-state index in [0.29, 0.717) is 33.6 Å². The van der Waals surface area contributed by atoms with Gasteiger partial charge in [0.05, 0.1) is 56.8 Å². The van der Waals surface area contributed by atoms with Crippen LogP contribution in [0.15, 0.2) is 170 Å². The quantitative estimate of drug-likeness (QED) is 0.157. The number of nitriles is 2. The van der Waals surface area contributed by atoms with Gasteiger partial charge >= 0.3 is 0 Å². The summed E-state index contributed by atoms with van der Waals surface area (Å²) in [5, 5.41) is 21.8. The lowest BCUT2D eigenvalue weighted by atomic mass is 9.97. The minimum atomic E-state index is -0.444. The third-order valence-electron chi connectivity index (χ3n) is 10.8. The van der Waals surface area contributed by atoms with Crippen molar-refractivity contribution < 1.29 is 9.59 Å². The topological polar surface area (TPSA) is 116 Å². The molecule has 58 heavy (non-hydrogen) atoms. The van der Waals surface area contributed by atoms with E-state index in [1.54, 1.807) is 49.1 Å². The SMILES string of the molecule is N#Cc1ccncc1-c1ccc2c3ccc(-c4cnccc4C#N)cc3n(-c3cccc4c3C(=O)N(c3ccc(-c5ccccc5)cc3-c3ccccc3)C4=O)c2c1. The van der Waals surface area contributed by atoms with Gasteiger partial charge in [0.15, 0.2) is 0 Å². The molecule has 0 saturated carbocycles. The molecule has 10 rings (SSSR count). The fraction of sp³-hybridized carbons (Fsp3) is 0. The van der Waals surface area contributed by atoms with Crippen molar-refractivity contribution in [2.75, 3.05) is 4.90 Å². The molecule has 0 fully saturated rings. The number of nitrogens with zero attached hydrogens (tertiary/aromatic N) is 6. The van der Waals surface area contributed by atoms with Crippen molar-refractivity contribution in [2.24, 2.45) is 0 Å². The summed E-state index contributed by atoms with van der Waals surface area (Å²) in [5.74, 6) is -0.864. The molecule has 6 aromatic carbocycles. The largest absolute Gasteiger partial charge is 0.308 e. The maximum absolute atomic E-state index is 15.1. The Morgan fingerprint density at radius 2 is 1.02 bits per heavy atom. The van der Waals surface area contributed by atoms with Gasteiger partial charge in [0, 0.05) is 52.3 Å². The summed E-state index contributed by atoms with van der Waals surface area (Å²) >= 11 is 0. The second-order valence-electron chi connectivity index (χ2n) is 14.0. The van der Waals surface area contributed by atoms with Crippen LogP contribution in [-0.2, 0) is 0 Å². The van der Waals surface area contributed by atoms with Gasteiger partial charge in [0.2, 0.25) is 0 Å². The average Bonchev–Trinajstić information content (AvgIpc) is 3.75. The molecule has 0 saturated heterocycles. The summed E-state index contributed by atoms with van der Waals surface area (Å²) in [5.41, 5.74) is 10.5. The first-order valence-corrected chi connectivity index (χ1v) is 18.6. The maximum Gasteiger partial charge on any atom is 0.268 e. The van der Waals surface area contributed by atoms with E-state index in [9.17, 15) is 15.3 Å². The van der Waals surface area contributed by atoms with Gasteiger partial charge in [0.1, 0.15) is 0 Å². The van der Waals surface area contributed by atoms with E-state index in [1.165, 1.54) is 4.90 Å². The zero-order valence-corrected chi connectivity index (χ0v) is 30.7. The number of pyridine rings is 2. The van der Waals surface area contributed by atoms with Gasteiger partial charge in [-0.15, -0.1) is 0 Å². The molecule has 0 N–H and O–H groups in total. The number of carbonyl (C=O) groups excluding carboxylic acids is 2. The Hall–Kier alpha value is -8.46. The maximum atomic E-state index is 15.1. The van der Waals surface area contributed by atoms with Gasteiger partial charge in [-0.1, -0.05) is 97.1 Å². The molecule has 4 heterocycles. The van der Waals surface area contributed by atoms with Crippen LogP contribution in [0.25, 0.3) is 72.0 Å².